The quantitative estimate of drug-likeness (QED) is 0.183. The van der Waals surface area contributed by atoms with E-state index in [0.717, 1.165) is 57.9 Å². The first-order valence-corrected chi connectivity index (χ1v) is 15.4. The van der Waals surface area contributed by atoms with Gasteiger partial charge >= 0.3 is 0 Å². The van der Waals surface area contributed by atoms with E-state index in [1.165, 1.54) is 6.39 Å². The van der Waals surface area contributed by atoms with Gasteiger partial charge in [0.15, 0.2) is 28.2 Å². The number of carbonyl (C=O) groups excluding carboxylic acids is 1. The molecule has 0 atom stereocenters. The minimum Gasteiger partial charge on any atom is -0.444 e. The number of rotatable bonds is 7. The highest BCUT2D eigenvalue weighted by Gasteiger charge is 2.57. The summed E-state index contributed by atoms with van der Waals surface area (Å²) in [5.41, 5.74) is 3.38. The molecule has 13 heteroatoms. The predicted molar refractivity (Wildman–Crippen MR) is 167 cm³/mol. The van der Waals surface area contributed by atoms with Crippen LogP contribution in [-0.2, 0) is 4.79 Å². The molecule has 8 rings (SSSR count). The van der Waals surface area contributed by atoms with Gasteiger partial charge in [0.25, 0.3) is 6.01 Å². The average Bonchev–Trinajstić information content (AvgIpc) is 3.64. The van der Waals surface area contributed by atoms with Crippen molar-refractivity contribution in [3.63, 3.8) is 0 Å². The number of hydrogen-bond acceptors (Lipinski definition) is 12. The summed E-state index contributed by atoms with van der Waals surface area (Å²) in [7, 11) is 0. The molecule has 0 radical (unpaired) electrons. The second-order valence-corrected chi connectivity index (χ2v) is 11.7. The van der Waals surface area contributed by atoms with Gasteiger partial charge in [-0.2, -0.15) is 0 Å². The highest BCUT2D eigenvalue weighted by molar-refractivity contribution is 7.13. The first-order valence-electron chi connectivity index (χ1n) is 13.6. The first kappa shape index (κ1) is 26.9. The fourth-order valence-corrected chi connectivity index (χ4v) is 5.97. The van der Waals surface area contributed by atoms with E-state index in [4.69, 9.17) is 8.83 Å². The zero-order chi connectivity index (χ0) is 29.1. The van der Waals surface area contributed by atoms with Gasteiger partial charge in [-0.05, 0) is 37.1 Å². The lowest BCUT2D eigenvalue weighted by atomic mass is 10.1. The molecule has 1 amide bonds. The summed E-state index contributed by atoms with van der Waals surface area (Å²) < 4.78 is 11.3. The van der Waals surface area contributed by atoms with E-state index in [9.17, 15) is 4.79 Å². The van der Waals surface area contributed by atoms with Crippen molar-refractivity contribution < 1.29 is 13.6 Å². The highest BCUT2D eigenvalue weighted by Crippen LogP contribution is 2.45. The molecule has 2 aromatic carbocycles. The topological polar surface area (TPSA) is 134 Å². The van der Waals surface area contributed by atoms with E-state index in [2.05, 4.69) is 35.9 Å². The lowest BCUT2D eigenvalue weighted by Crippen LogP contribution is -2.57. The molecular formula is C30H26N8O3S2. The average molecular weight is 611 g/mol. The number of aromatic nitrogens is 4. The monoisotopic (exact) mass is 610 g/mol. The second kappa shape index (κ2) is 11.7. The lowest BCUT2D eigenvalue weighted by Gasteiger charge is -2.34. The van der Waals surface area contributed by atoms with Crippen LogP contribution in [0.5, 0.6) is 0 Å². The summed E-state index contributed by atoms with van der Waals surface area (Å²) in [6.45, 7) is 1.34. The molecule has 0 unspecified atom stereocenters. The fourth-order valence-electron chi connectivity index (χ4n) is 4.88. The van der Waals surface area contributed by atoms with Crippen LogP contribution < -0.4 is 20.9 Å². The maximum atomic E-state index is 12.2. The van der Waals surface area contributed by atoms with Crippen LogP contribution in [-0.4, -0.2) is 44.5 Å². The smallest absolute Gasteiger partial charge is 0.298 e. The first-order chi connectivity index (χ1) is 21.2. The van der Waals surface area contributed by atoms with E-state index in [-0.39, 0.29) is 5.91 Å². The van der Waals surface area contributed by atoms with Gasteiger partial charge in [0.1, 0.15) is 5.54 Å². The normalized spacial score (nSPS) is 15.0. The highest BCUT2D eigenvalue weighted by atomic mass is 32.1. The summed E-state index contributed by atoms with van der Waals surface area (Å²) in [5, 5.41) is 15.0. The molecule has 11 nitrogen and oxygen atoms in total. The van der Waals surface area contributed by atoms with Gasteiger partial charge in [-0.25, -0.2) is 19.9 Å². The Morgan fingerprint density at radius 2 is 1.53 bits per heavy atom. The van der Waals surface area contributed by atoms with Crippen molar-refractivity contribution in [2.45, 2.75) is 18.4 Å². The van der Waals surface area contributed by atoms with Crippen LogP contribution in [0, 0.1) is 0 Å². The molecule has 1 aliphatic heterocycles. The molecule has 3 N–H and O–H groups in total. The lowest BCUT2D eigenvalue weighted by molar-refractivity contribution is -0.124. The predicted octanol–water partition coefficient (Wildman–Crippen LogP) is 6.55. The van der Waals surface area contributed by atoms with Crippen LogP contribution in [0.25, 0.3) is 22.6 Å². The van der Waals surface area contributed by atoms with Gasteiger partial charge in [-0.1, -0.05) is 24.3 Å². The molecule has 1 aliphatic carbocycles. The minimum atomic E-state index is -0.450. The number of piperazine rings is 1. The molecular weight excluding hydrogens is 585 g/mol. The van der Waals surface area contributed by atoms with Gasteiger partial charge in [-0.15, -0.1) is 22.7 Å². The molecule has 43 heavy (non-hydrogen) atoms. The van der Waals surface area contributed by atoms with Crippen molar-refractivity contribution in [2.75, 3.05) is 28.6 Å². The molecule has 216 valence electrons. The summed E-state index contributed by atoms with van der Waals surface area (Å²) >= 11 is 3.11. The van der Waals surface area contributed by atoms with Crippen molar-refractivity contribution in [3.8, 4) is 22.6 Å². The number of carbonyl (C=O) groups is 1. The van der Waals surface area contributed by atoms with E-state index < -0.39 is 5.54 Å². The van der Waals surface area contributed by atoms with Gasteiger partial charge in [-0.3, -0.25) is 4.79 Å². The molecule has 2 fully saturated rings. The van der Waals surface area contributed by atoms with Crippen LogP contribution >= 0.6 is 22.7 Å². The SMILES string of the molecule is O=C1NCCN(c2ncc(-c3cccc(Nc4nccs4)c3)o2)C12CC2.c1cc(Nc2nccs2)cc(-c2cnco2)c1. The second-order valence-electron chi connectivity index (χ2n) is 9.90. The molecule has 4 aromatic heterocycles. The Morgan fingerprint density at radius 1 is 0.860 bits per heavy atom. The largest absolute Gasteiger partial charge is 0.444 e. The van der Waals surface area contributed by atoms with Crippen LogP contribution in [0.4, 0.5) is 27.7 Å². The number of benzene rings is 2. The Bertz CT molecular complexity index is 1800. The number of amides is 1. The Balaban J connectivity index is 0.000000153. The number of nitrogens with one attached hydrogen (secondary N) is 3. The molecule has 5 heterocycles. The summed E-state index contributed by atoms with van der Waals surface area (Å²) in [6, 6.07) is 16.4. The maximum absolute atomic E-state index is 12.2. The number of thiazole rings is 2. The van der Waals surface area contributed by atoms with Crippen molar-refractivity contribution in [1.29, 1.82) is 0 Å². The maximum Gasteiger partial charge on any atom is 0.298 e. The van der Waals surface area contributed by atoms with Gasteiger partial charge in [0.05, 0.1) is 12.4 Å². The van der Waals surface area contributed by atoms with E-state index in [0.29, 0.717) is 18.3 Å². The summed E-state index contributed by atoms with van der Waals surface area (Å²) in [5.74, 6) is 1.52. The molecule has 1 saturated carbocycles. The Hall–Kier alpha value is -5.01. The minimum absolute atomic E-state index is 0.0816. The molecule has 1 spiro atoms. The van der Waals surface area contributed by atoms with Crippen LogP contribution in [0.1, 0.15) is 12.8 Å². The third-order valence-electron chi connectivity index (χ3n) is 7.10. The standard InChI is InChI=1S/C18H17N5O2S.C12H9N3OS/c24-15-18(4-5-18)23(8-6-19-15)17-21-11-14(25-17)12-2-1-3-13(10-12)22-16-20-7-9-26-16;1-2-9(11-7-13-8-16-11)6-10(3-1)15-12-14-4-5-17-12/h1-3,7,9-11H,4-6,8H2,(H,19,24)(H,20,22);1-8H,(H,14,15). The van der Waals surface area contributed by atoms with Crippen molar-refractivity contribution >= 4 is 56.2 Å². The van der Waals surface area contributed by atoms with Crippen LogP contribution in [0.2, 0.25) is 0 Å². The zero-order valence-electron chi connectivity index (χ0n) is 22.8. The Labute approximate surface area is 254 Å². The third-order valence-corrected chi connectivity index (χ3v) is 8.48. The van der Waals surface area contributed by atoms with E-state index in [1.54, 1.807) is 47.5 Å². The number of nitrogens with zero attached hydrogens (tertiary/aromatic N) is 5. The molecule has 6 aromatic rings. The van der Waals surface area contributed by atoms with Crippen molar-refractivity contribution in [2.24, 2.45) is 0 Å². The number of anilines is 5. The van der Waals surface area contributed by atoms with Crippen molar-refractivity contribution in [3.05, 3.63) is 90.5 Å². The zero-order valence-corrected chi connectivity index (χ0v) is 24.4. The summed E-state index contributed by atoms with van der Waals surface area (Å²) in [6.07, 6.45) is 10.1. The van der Waals surface area contributed by atoms with Crippen molar-refractivity contribution in [1.82, 2.24) is 25.3 Å². The van der Waals surface area contributed by atoms with Crippen LogP contribution in [0.3, 0.4) is 0 Å². The molecule has 1 saturated heterocycles. The third kappa shape index (κ3) is 5.85. The molecule has 0 bridgehead atoms. The molecule has 2 aliphatic rings. The van der Waals surface area contributed by atoms with Gasteiger partial charge < -0.3 is 29.7 Å². The number of oxazole rings is 2. The fraction of sp³-hybridized carbons (Fsp3) is 0.167. The summed E-state index contributed by atoms with van der Waals surface area (Å²) in [4.78, 5) is 31.0. The Morgan fingerprint density at radius 3 is 2.12 bits per heavy atom. The van der Waals surface area contributed by atoms with Gasteiger partial charge in [0.2, 0.25) is 5.91 Å². The van der Waals surface area contributed by atoms with E-state index >= 15 is 0 Å². The van der Waals surface area contributed by atoms with Gasteiger partial charge in [0, 0.05) is 58.7 Å². The van der Waals surface area contributed by atoms with E-state index in [1.807, 2.05) is 64.2 Å². The van der Waals surface area contributed by atoms with Crippen LogP contribution in [0.15, 0.2) is 99.3 Å². The Kier molecular flexibility index (Phi) is 7.31. The number of hydrogen-bond donors (Lipinski definition) is 3.